The van der Waals surface area contributed by atoms with Crippen LogP contribution in [-0.4, -0.2) is 95.6 Å². The average Bonchev–Trinajstić information content (AvgIpc) is 3.65. The maximum absolute atomic E-state index is 14.2. The SMILES string of the molecule is CC(=O)N[C@@H](Cc1ccc(OCc2ccccc2)cc1)C(=O)N[C@@H](CC(C)C)C(=O)N1CCC[C@H]1C(=O)N[C@@H](CCCN=C(N)N)C(=O)N1CCCCC1. The Kier molecular flexibility index (Phi) is 16.1. The number of aliphatic imine (C=N–C) groups is 1. The van der Waals surface area contributed by atoms with Crippen LogP contribution in [0.25, 0.3) is 0 Å². The van der Waals surface area contributed by atoms with E-state index < -0.39 is 36.0 Å². The molecule has 2 heterocycles. The van der Waals surface area contributed by atoms with Crippen molar-refractivity contribution in [1.29, 1.82) is 0 Å². The Labute approximate surface area is 318 Å². The van der Waals surface area contributed by atoms with Gasteiger partial charge in [0.05, 0.1) is 0 Å². The molecular weight excluding hydrogens is 688 g/mol. The minimum Gasteiger partial charge on any atom is -0.489 e. The van der Waals surface area contributed by atoms with Gasteiger partial charge >= 0.3 is 0 Å². The third kappa shape index (κ3) is 13.1. The molecule has 0 aliphatic carbocycles. The van der Waals surface area contributed by atoms with Crippen LogP contribution < -0.4 is 32.2 Å². The van der Waals surface area contributed by atoms with E-state index in [9.17, 15) is 24.0 Å². The van der Waals surface area contributed by atoms with Crippen molar-refractivity contribution in [3.8, 4) is 5.75 Å². The molecule has 0 radical (unpaired) electrons. The zero-order chi connectivity index (χ0) is 39.0. The molecule has 0 spiro atoms. The van der Waals surface area contributed by atoms with Crippen molar-refractivity contribution in [2.45, 2.75) is 109 Å². The van der Waals surface area contributed by atoms with E-state index in [-0.39, 0.29) is 36.0 Å². The fraction of sp³-hybridized carbons (Fsp3) is 0.550. The molecule has 14 heteroatoms. The Hall–Kier alpha value is -5.14. The first kappa shape index (κ1) is 41.6. The van der Waals surface area contributed by atoms with Crippen LogP contribution in [0.1, 0.15) is 83.3 Å². The van der Waals surface area contributed by atoms with Crippen LogP contribution in [0.3, 0.4) is 0 Å². The first-order valence-corrected chi connectivity index (χ1v) is 19.2. The Balaban J connectivity index is 1.43. The number of carbonyl (C=O) groups is 5. The predicted octanol–water partition coefficient (Wildman–Crippen LogP) is 2.39. The molecule has 2 aromatic rings. The number of amides is 5. The van der Waals surface area contributed by atoms with Crippen molar-refractivity contribution in [3.63, 3.8) is 0 Å². The molecule has 2 fully saturated rings. The lowest BCUT2D eigenvalue weighted by molar-refractivity contribution is -0.143. The number of rotatable bonds is 18. The Morgan fingerprint density at radius 3 is 2.17 bits per heavy atom. The molecule has 0 aromatic heterocycles. The van der Waals surface area contributed by atoms with Gasteiger partial charge in [0.1, 0.15) is 36.5 Å². The highest BCUT2D eigenvalue weighted by atomic mass is 16.5. The lowest BCUT2D eigenvalue weighted by Gasteiger charge is -2.33. The van der Waals surface area contributed by atoms with Gasteiger partial charge in [-0.1, -0.05) is 56.3 Å². The van der Waals surface area contributed by atoms with Crippen molar-refractivity contribution in [2.24, 2.45) is 22.4 Å². The van der Waals surface area contributed by atoms with E-state index in [0.29, 0.717) is 70.6 Å². The lowest BCUT2D eigenvalue weighted by Crippen LogP contribution is -2.58. The van der Waals surface area contributed by atoms with Crippen LogP contribution in [0.15, 0.2) is 59.6 Å². The fourth-order valence-corrected chi connectivity index (χ4v) is 6.98. The van der Waals surface area contributed by atoms with Gasteiger partial charge in [-0.2, -0.15) is 0 Å². The smallest absolute Gasteiger partial charge is 0.245 e. The van der Waals surface area contributed by atoms with Crippen molar-refractivity contribution in [1.82, 2.24) is 25.8 Å². The number of benzene rings is 2. The molecule has 294 valence electrons. The first-order chi connectivity index (χ1) is 25.9. The molecule has 2 aliphatic heterocycles. The first-order valence-electron chi connectivity index (χ1n) is 19.2. The summed E-state index contributed by atoms with van der Waals surface area (Å²) in [4.78, 5) is 75.0. The van der Waals surface area contributed by atoms with Crippen LogP contribution >= 0.6 is 0 Å². The van der Waals surface area contributed by atoms with Gasteiger partial charge in [0.2, 0.25) is 29.5 Å². The number of nitrogens with one attached hydrogen (secondary N) is 3. The summed E-state index contributed by atoms with van der Waals surface area (Å²) < 4.78 is 5.89. The van der Waals surface area contributed by atoms with E-state index in [1.54, 1.807) is 4.90 Å². The number of nitrogens with zero attached hydrogens (tertiary/aromatic N) is 3. The molecule has 0 bridgehead atoms. The van der Waals surface area contributed by atoms with E-state index in [1.165, 1.54) is 11.8 Å². The number of piperidine rings is 1. The third-order valence-corrected chi connectivity index (χ3v) is 9.69. The number of guanidine groups is 1. The molecular formula is C40H58N8O6. The summed E-state index contributed by atoms with van der Waals surface area (Å²) in [5.41, 5.74) is 12.8. The second-order valence-corrected chi connectivity index (χ2v) is 14.7. The molecule has 2 aromatic carbocycles. The lowest BCUT2D eigenvalue weighted by atomic mass is 10.00. The summed E-state index contributed by atoms with van der Waals surface area (Å²) in [5, 5.41) is 8.61. The molecule has 5 amide bonds. The Morgan fingerprint density at radius 2 is 1.52 bits per heavy atom. The summed E-state index contributed by atoms with van der Waals surface area (Å²) in [7, 11) is 0. The Morgan fingerprint density at radius 1 is 0.815 bits per heavy atom. The minimum absolute atomic E-state index is 0.0357. The second-order valence-electron chi connectivity index (χ2n) is 14.7. The molecule has 0 saturated carbocycles. The van der Waals surface area contributed by atoms with E-state index in [2.05, 4.69) is 20.9 Å². The monoisotopic (exact) mass is 746 g/mol. The van der Waals surface area contributed by atoms with Gasteiger partial charge < -0.3 is 42.0 Å². The average molecular weight is 747 g/mol. The molecule has 2 aliphatic rings. The minimum atomic E-state index is -0.945. The fourth-order valence-electron chi connectivity index (χ4n) is 6.98. The molecule has 7 N–H and O–H groups in total. The molecule has 4 rings (SSSR count). The van der Waals surface area contributed by atoms with E-state index in [0.717, 1.165) is 30.4 Å². The number of likely N-dealkylation sites (tertiary alicyclic amines) is 2. The maximum Gasteiger partial charge on any atom is 0.245 e. The predicted molar refractivity (Wildman–Crippen MR) is 207 cm³/mol. The van der Waals surface area contributed by atoms with Gasteiger partial charge in [-0.3, -0.25) is 29.0 Å². The quantitative estimate of drug-likeness (QED) is 0.0870. The number of nitrogens with two attached hydrogens (primary N) is 2. The van der Waals surface area contributed by atoms with Gasteiger partial charge in [-0.15, -0.1) is 0 Å². The van der Waals surface area contributed by atoms with Gasteiger partial charge in [0.25, 0.3) is 0 Å². The van der Waals surface area contributed by atoms with Gasteiger partial charge in [0, 0.05) is 39.5 Å². The highest BCUT2D eigenvalue weighted by Gasteiger charge is 2.40. The number of ether oxygens (including phenoxy) is 1. The largest absolute Gasteiger partial charge is 0.489 e. The van der Waals surface area contributed by atoms with Crippen LogP contribution in [0.2, 0.25) is 0 Å². The summed E-state index contributed by atoms with van der Waals surface area (Å²) in [6, 6.07) is 13.7. The van der Waals surface area contributed by atoms with Crippen LogP contribution in [0, 0.1) is 5.92 Å². The van der Waals surface area contributed by atoms with Crippen molar-refractivity contribution < 1.29 is 28.7 Å². The molecule has 54 heavy (non-hydrogen) atoms. The number of hydrogen-bond donors (Lipinski definition) is 5. The van der Waals surface area contributed by atoms with Crippen molar-refractivity contribution in [3.05, 3.63) is 65.7 Å². The van der Waals surface area contributed by atoms with Gasteiger partial charge in [0.15, 0.2) is 5.96 Å². The van der Waals surface area contributed by atoms with Crippen molar-refractivity contribution in [2.75, 3.05) is 26.2 Å². The standard InChI is InChI=1S/C40H58N8O6/c1-27(2)24-34(46-36(50)33(44-28(3)49)25-29-16-18-31(19-17-29)54-26-30-12-6-4-7-13-30)39(53)48-23-11-15-35(48)37(51)45-32(14-10-20-43-40(41)42)38(52)47-21-8-5-9-22-47/h4,6-7,12-13,16-19,27,32-35H,5,8-11,14-15,20-26H2,1-3H3,(H,44,49)(H,45,51)(H,46,50)(H4,41,42,43)/t32-,33-,34-,35-/m0/s1. The zero-order valence-corrected chi connectivity index (χ0v) is 31.9. The van der Waals surface area contributed by atoms with Crippen LogP contribution in [0.4, 0.5) is 0 Å². The number of hydrogen-bond acceptors (Lipinski definition) is 7. The van der Waals surface area contributed by atoms with Crippen LogP contribution in [-0.2, 0) is 37.0 Å². The molecule has 0 unspecified atom stereocenters. The van der Waals surface area contributed by atoms with Gasteiger partial charge in [-0.05, 0) is 80.5 Å². The van der Waals surface area contributed by atoms with Crippen molar-refractivity contribution >= 4 is 35.5 Å². The van der Waals surface area contributed by atoms with E-state index in [1.807, 2.05) is 68.4 Å². The summed E-state index contributed by atoms with van der Waals surface area (Å²) in [5.74, 6) is -1.13. The summed E-state index contributed by atoms with van der Waals surface area (Å²) >= 11 is 0. The highest BCUT2D eigenvalue weighted by molar-refractivity contribution is 5.96. The van der Waals surface area contributed by atoms with Crippen LogP contribution in [0.5, 0.6) is 5.75 Å². The molecule has 2 saturated heterocycles. The maximum atomic E-state index is 14.2. The van der Waals surface area contributed by atoms with E-state index >= 15 is 0 Å². The topological polar surface area (TPSA) is 202 Å². The summed E-state index contributed by atoms with van der Waals surface area (Å²) in [6.07, 6.45) is 5.26. The molecule has 14 nitrogen and oxygen atoms in total. The number of carbonyl (C=O) groups excluding carboxylic acids is 5. The third-order valence-electron chi connectivity index (χ3n) is 9.69. The zero-order valence-electron chi connectivity index (χ0n) is 31.9. The normalized spacial score (nSPS) is 17.2. The summed E-state index contributed by atoms with van der Waals surface area (Å²) in [6.45, 7) is 7.59. The molecule has 4 atom stereocenters. The Bertz CT molecular complexity index is 1570. The van der Waals surface area contributed by atoms with E-state index in [4.69, 9.17) is 16.2 Å². The highest BCUT2D eigenvalue weighted by Crippen LogP contribution is 2.22. The second kappa shape index (κ2) is 20.9. The van der Waals surface area contributed by atoms with Gasteiger partial charge in [-0.25, -0.2) is 0 Å².